The molecular weight excluding hydrogens is 374 g/mol. The van der Waals surface area contributed by atoms with Gasteiger partial charge in [0, 0.05) is 12.1 Å². The number of aliphatic hydroxyl groups excluding tert-OH is 1. The van der Waals surface area contributed by atoms with Gasteiger partial charge in [-0.25, -0.2) is 0 Å². The number of ether oxygens (including phenoxy) is 1. The molecule has 29 heavy (non-hydrogen) atoms. The molecule has 7 heteroatoms. The lowest BCUT2D eigenvalue weighted by atomic mass is 9.95. The molecule has 0 bridgehead atoms. The molecular formula is C22H21NO6. The van der Waals surface area contributed by atoms with Crippen LogP contribution in [0.1, 0.15) is 30.5 Å². The number of hydrogen-bond acceptors (Lipinski definition) is 5. The van der Waals surface area contributed by atoms with Crippen LogP contribution in [-0.2, 0) is 14.4 Å². The van der Waals surface area contributed by atoms with E-state index < -0.39 is 23.7 Å². The zero-order chi connectivity index (χ0) is 21.0. The SMILES string of the molecule is CCOc1ccc(C2/C(=C(/O)c3ccccc3)C(=O)C(=O)N2CCC(=O)O)cc1. The van der Waals surface area contributed by atoms with Gasteiger partial charge in [-0.1, -0.05) is 42.5 Å². The lowest BCUT2D eigenvalue weighted by Crippen LogP contribution is -2.31. The maximum absolute atomic E-state index is 12.7. The Morgan fingerprint density at radius 1 is 1.03 bits per heavy atom. The normalized spacial score (nSPS) is 18.1. The molecule has 0 spiro atoms. The van der Waals surface area contributed by atoms with Crippen molar-refractivity contribution in [3.05, 3.63) is 71.3 Å². The van der Waals surface area contributed by atoms with Crippen molar-refractivity contribution in [2.75, 3.05) is 13.2 Å². The minimum Gasteiger partial charge on any atom is -0.507 e. The smallest absolute Gasteiger partial charge is 0.305 e. The van der Waals surface area contributed by atoms with Gasteiger partial charge in [-0.2, -0.15) is 0 Å². The third-order valence-corrected chi connectivity index (χ3v) is 4.66. The molecule has 150 valence electrons. The van der Waals surface area contributed by atoms with E-state index >= 15 is 0 Å². The van der Waals surface area contributed by atoms with E-state index in [4.69, 9.17) is 9.84 Å². The number of carboxylic acid groups (broad SMARTS) is 1. The van der Waals surface area contributed by atoms with Crippen LogP contribution >= 0.6 is 0 Å². The number of aliphatic carboxylic acids is 1. The molecule has 0 aliphatic carbocycles. The quantitative estimate of drug-likeness (QED) is 0.424. The monoisotopic (exact) mass is 395 g/mol. The predicted octanol–water partition coefficient (Wildman–Crippen LogP) is 2.98. The van der Waals surface area contributed by atoms with E-state index in [0.29, 0.717) is 23.5 Å². The topological polar surface area (TPSA) is 104 Å². The Labute approximate surface area is 167 Å². The van der Waals surface area contributed by atoms with Crippen LogP contribution in [0.2, 0.25) is 0 Å². The maximum Gasteiger partial charge on any atom is 0.305 e. The number of carbonyl (C=O) groups excluding carboxylic acids is 2. The summed E-state index contributed by atoms with van der Waals surface area (Å²) in [6.45, 7) is 2.20. The fourth-order valence-electron chi connectivity index (χ4n) is 3.34. The molecule has 1 saturated heterocycles. The lowest BCUT2D eigenvalue weighted by Gasteiger charge is -2.25. The molecule has 1 unspecified atom stereocenters. The fourth-order valence-corrected chi connectivity index (χ4v) is 3.34. The first-order valence-corrected chi connectivity index (χ1v) is 9.22. The molecule has 1 heterocycles. The summed E-state index contributed by atoms with van der Waals surface area (Å²) in [6.07, 6.45) is -0.314. The number of nitrogens with zero attached hydrogens (tertiary/aromatic N) is 1. The number of aliphatic hydroxyl groups is 1. The Kier molecular flexibility index (Phi) is 5.97. The van der Waals surface area contributed by atoms with Crippen LogP contribution in [0.25, 0.3) is 5.76 Å². The van der Waals surface area contributed by atoms with Crippen molar-refractivity contribution in [3.63, 3.8) is 0 Å². The summed E-state index contributed by atoms with van der Waals surface area (Å²) in [7, 11) is 0. The number of ketones is 1. The third kappa shape index (κ3) is 4.13. The Bertz CT molecular complexity index is 949. The Morgan fingerprint density at radius 2 is 1.69 bits per heavy atom. The van der Waals surface area contributed by atoms with Gasteiger partial charge in [0.1, 0.15) is 11.5 Å². The Morgan fingerprint density at radius 3 is 2.28 bits per heavy atom. The minimum absolute atomic E-state index is 0.0595. The van der Waals surface area contributed by atoms with Crippen LogP contribution < -0.4 is 4.74 Å². The second-order valence-corrected chi connectivity index (χ2v) is 6.50. The Balaban J connectivity index is 2.10. The number of benzene rings is 2. The van der Waals surface area contributed by atoms with E-state index in [9.17, 15) is 19.5 Å². The second-order valence-electron chi connectivity index (χ2n) is 6.50. The van der Waals surface area contributed by atoms with Crippen molar-refractivity contribution in [2.45, 2.75) is 19.4 Å². The Hall–Kier alpha value is -3.61. The van der Waals surface area contributed by atoms with Gasteiger partial charge in [-0.3, -0.25) is 14.4 Å². The van der Waals surface area contributed by atoms with E-state index in [2.05, 4.69) is 0 Å². The summed E-state index contributed by atoms with van der Waals surface area (Å²) in [5, 5.41) is 19.8. The van der Waals surface area contributed by atoms with Crippen LogP contribution in [0, 0.1) is 0 Å². The van der Waals surface area contributed by atoms with Crippen molar-refractivity contribution in [1.29, 1.82) is 0 Å². The summed E-state index contributed by atoms with van der Waals surface area (Å²) >= 11 is 0. The van der Waals surface area contributed by atoms with Gasteiger partial charge in [-0.15, -0.1) is 0 Å². The third-order valence-electron chi connectivity index (χ3n) is 4.66. The van der Waals surface area contributed by atoms with Crippen LogP contribution in [-0.4, -0.2) is 45.9 Å². The van der Waals surface area contributed by atoms with Crippen LogP contribution in [0.15, 0.2) is 60.2 Å². The van der Waals surface area contributed by atoms with E-state index in [1.807, 2.05) is 6.92 Å². The largest absolute Gasteiger partial charge is 0.507 e. The molecule has 1 fully saturated rings. The van der Waals surface area contributed by atoms with Crippen LogP contribution in [0.5, 0.6) is 5.75 Å². The summed E-state index contributed by atoms with van der Waals surface area (Å²) in [5.74, 6) is -2.42. The van der Waals surface area contributed by atoms with Crippen molar-refractivity contribution >= 4 is 23.4 Å². The highest BCUT2D eigenvalue weighted by Crippen LogP contribution is 2.39. The summed E-state index contributed by atoms with van der Waals surface area (Å²) < 4.78 is 5.43. The molecule has 2 aromatic carbocycles. The number of hydrogen-bond donors (Lipinski definition) is 2. The molecule has 1 aliphatic rings. The summed E-state index contributed by atoms with van der Waals surface area (Å²) in [5.41, 5.74) is 0.922. The van der Waals surface area contributed by atoms with Crippen molar-refractivity contribution in [2.24, 2.45) is 0 Å². The van der Waals surface area contributed by atoms with Gasteiger partial charge in [0.15, 0.2) is 0 Å². The molecule has 7 nitrogen and oxygen atoms in total. The second kappa shape index (κ2) is 8.60. The molecule has 0 aromatic heterocycles. The number of rotatable bonds is 7. The van der Waals surface area contributed by atoms with Gasteiger partial charge in [0.25, 0.3) is 11.7 Å². The van der Waals surface area contributed by atoms with Gasteiger partial charge in [0.05, 0.1) is 24.6 Å². The maximum atomic E-state index is 12.7. The first-order valence-electron chi connectivity index (χ1n) is 9.22. The predicted molar refractivity (Wildman–Crippen MR) is 105 cm³/mol. The standard InChI is InChI=1S/C22H21NO6/c1-2-29-16-10-8-14(9-11-16)19-18(20(26)15-6-4-3-5-7-15)21(27)22(28)23(19)13-12-17(24)25/h3-11,19,26H,2,12-13H2,1H3,(H,24,25)/b20-18-. The molecule has 0 radical (unpaired) electrons. The summed E-state index contributed by atoms with van der Waals surface area (Å²) in [6, 6.07) is 14.4. The average Bonchev–Trinajstić information content (AvgIpc) is 2.98. The average molecular weight is 395 g/mol. The molecule has 2 aromatic rings. The van der Waals surface area contributed by atoms with Crippen molar-refractivity contribution in [1.82, 2.24) is 4.90 Å². The highest BCUT2D eigenvalue weighted by Gasteiger charge is 2.46. The van der Waals surface area contributed by atoms with Gasteiger partial charge < -0.3 is 19.8 Å². The molecule has 0 saturated carbocycles. The molecule has 1 atom stereocenters. The molecule has 1 amide bonds. The lowest BCUT2D eigenvalue weighted by molar-refractivity contribution is -0.142. The first kappa shape index (κ1) is 20.1. The minimum atomic E-state index is -1.08. The van der Waals surface area contributed by atoms with E-state index in [1.165, 1.54) is 4.90 Å². The molecule has 1 aliphatic heterocycles. The highest BCUT2D eigenvalue weighted by atomic mass is 16.5. The number of Topliss-reactive ketones (excluding diaryl/α,β-unsaturated/α-hetero) is 1. The van der Waals surface area contributed by atoms with Crippen LogP contribution in [0.4, 0.5) is 0 Å². The first-order chi connectivity index (χ1) is 13.9. The zero-order valence-electron chi connectivity index (χ0n) is 15.9. The number of carboxylic acids is 1. The van der Waals surface area contributed by atoms with Gasteiger partial charge >= 0.3 is 5.97 Å². The van der Waals surface area contributed by atoms with Gasteiger partial charge in [0.2, 0.25) is 0 Å². The van der Waals surface area contributed by atoms with Crippen LogP contribution in [0.3, 0.4) is 0 Å². The summed E-state index contributed by atoms with van der Waals surface area (Å²) in [4.78, 5) is 37.6. The number of likely N-dealkylation sites (tertiary alicyclic amines) is 1. The van der Waals surface area contributed by atoms with E-state index in [0.717, 1.165) is 0 Å². The fraction of sp³-hybridized carbons (Fsp3) is 0.227. The van der Waals surface area contributed by atoms with Crippen molar-refractivity contribution in [3.8, 4) is 5.75 Å². The molecule has 3 rings (SSSR count). The highest BCUT2D eigenvalue weighted by molar-refractivity contribution is 6.46. The zero-order valence-corrected chi connectivity index (χ0v) is 15.9. The van der Waals surface area contributed by atoms with E-state index in [-0.39, 0.29) is 24.3 Å². The van der Waals surface area contributed by atoms with E-state index in [1.54, 1.807) is 54.6 Å². The van der Waals surface area contributed by atoms with Crippen molar-refractivity contribution < 1.29 is 29.3 Å². The van der Waals surface area contributed by atoms with Gasteiger partial charge in [-0.05, 0) is 24.6 Å². The molecule has 2 N–H and O–H groups in total. The number of amides is 1. The number of carbonyl (C=O) groups is 3.